The number of nitro benzene ring substituents is 1. The summed E-state index contributed by atoms with van der Waals surface area (Å²) in [4.78, 5) is 27.0. The van der Waals surface area contributed by atoms with Crippen molar-refractivity contribution in [1.29, 1.82) is 0 Å². The van der Waals surface area contributed by atoms with Crippen molar-refractivity contribution in [2.75, 3.05) is 31.1 Å². The van der Waals surface area contributed by atoms with Crippen LogP contribution in [0.1, 0.15) is 5.76 Å². The number of rotatable bonds is 5. The van der Waals surface area contributed by atoms with Gasteiger partial charge in [0, 0.05) is 43.9 Å². The van der Waals surface area contributed by atoms with Gasteiger partial charge in [-0.3, -0.25) is 20.2 Å². The maximum atomic E-state index is 12.3. The molecule has 0 saturated carbocycles. The number of hydrogen-bond acceptors (Lipinski definition) is 6. The van der Waals surface area contributed by atoms with Gasteiger partial charge in [-0.1, -0.05) is 48.0 Å². The Morgan fingerprint density at radius 1 is 1.06 bits per heavy atom. The Morgan fingerprint density at radius 2 is 1.79 bits per heavy atom. The molecule has 0 unspecified atom stereocenters. The first-order valence-electron chi connectivity index (χ1n) is 10.5. The van der Waals surface area contributed by atoms with Gasteiger partial charge in [-0.05, 0) is 36.5 Å². The summed E-state index contributed by atoms with van der Waals surface area (Å²) in [7, 11) is 0. The van der Waals surface area contributed by atoms with Gasteiger partial charge in [0.15, 0.2) is 5.11 Å². The molecule has 2 aromatic carbocycles. The fraction of sp³-hybridized carbons (Fsp3) is 0.167. The fourth-order valence-electron chi connectivity index (χ4n) is 3.68. The van der Waals surface area contributed by atoms with Crippen LogP contribution >= 0.6 is 23.8 Å². The minimum Gasteiger partial charge on any atom is -0.457 e. The summed E-state index contributed by atoms with van der Waals surface area (Å²) >= 11 is 11.6. The molecule has 1 aliphatic heterocycles. The molecule has 3 aromatic rings. The molecule has 1 saturated heterocycles. The second-order valence-electron chi connectivity index (χ2n) is 7.53. The summed E-state index contributed by atoms with van der Waals surface area (Å²) in [5, 5.41) is 14.7. The SMILES string of the molecule is O=C(/C=C/c1ccc(-c2ccccc2)o1)NC(=S)N1CCN(c2c(Cl)cccc2[N+](=O)[O-])CC1. The highest BCUT2D eigenvalue weighted by atomic mass is 35.5. The summed E-state index contributed by atoms with van der Waals surface area (Å²) in [6, 6.07) is 17.9. The fourth-order valence-corrected chi connectivity index (χ4v) is 4.25. The number of benzene rings is 2. The molecule has 4 rings (SSSR count). The van der Waals surface area contributed by atoms with Crippen LogP contribution in [0.25, 0.3) is 17.4 Å². The van der Waals surface area contributed by atoms with Crippen molar-refractivity contribution in [3.63, 3.8) is 0 Å². The van der Waals surface area contributed by atoms with Gasteiger partial charge in [0.2, 0.25) is 5.91 Å². The molecule has 174 valence electrons. The van der Waals surface area contributed by atoms with Gasteiger partial charge in [-0.15, -0.1) is 0 Å². The van der Waals surface area contributed by atoms with E-state index in [0.29, 0.717) is 53.5 Å². The lowest BCUT2D eigenvalue weighted by Crippen LogP contribution is -2.52. The monoisotopic (exact) mass is 496 g/mol. The van der Waals surface area contributed by atoms with Gasteiger partial charge in [0.05, 0.1) is 9.95 Å². The molecule has 1 aliphatic rings. The van der Waals surface area contributed by atoms with Crippen LogP contribution in [0.2, 0.25) is 5.02 Å². The van der Waals surface area contributed by atoms with E-state index in [9.17, 15) is 14.9 Å². The largest absolute Gasteiger partial charge is 0.457 e. The average molecular weight is 497 g/mol. The van der Waals surface area contributed by atoms with Crippen LogP contribution in [0.4, 0.5) is 11.4 Å². The molecule has 0 radical (unpaired) electrons. The molecule has 1 fully saturated rings. The van der Waals surface area contributed by atoms with Crippen molar-refractivity contribution in [2.24, 2.45) is 0 Å². The summed E-state index contributed by atoms with van der Waals surface area (Å²) < 4.78 is 5.76. The lowest BCUT2D eigenvalue weighted by atomic mass is 10.2. The standard InChI is InChI=1S/C24H21ClN4O4S/c25-19-7-4-8-20(29(31)32)23(19)27-13-15-28(16-14-27)24(34)26-22(30)12-10-18-9-11-21(33-18)17-5-2-1-3-6-17/h1-12H,13-16H2,(H,26,30,34)/b12-10+. The molecule has 0 atom stereocenters. The third kappa shape index (κ3) is 5.44. The molecule has 1 N–H and O–H groups in total. The van der Waals surface area contributed by atoms with E-state index in [-0.39, 0.29) is 11.6 Å². The van der Waals surface area contributed by atoms with Crippen molar-refractivity contribution in [2.45, 2.75) is 0 Å². The smallest absolute Gasteiger partial charge is 0.294 e. The zero-order valence-electron chi connectivity index (χ0n) is 18.0. The van der Waals surface area contributed by atoms with Crippen molar-refractivity contribution >= 4 is 52.3 Å². The Balaban J connectivity index is 1.31. The Kier molecular flexibility index (Phi) is 7.24. The minimum absolute atomic E-state index is 0.0321. The predicted octanol–water partition coefficient (Wildman–Crippen LogP) is 4.74. The number of nitrogens with zero attached hydrogens (tertiary/aromatic N) is 3. The molecule has 0 spiro atoms. The predicted molar refractivity (Wildman–Crippen MR) is 136 cm³/mol. The van der Waals surface area contributed by atoms with Gasteiger partial charge >= 0.3 is 0 Å². The van der Waals surface area contributed by atoms with Crippen LogP contribution in [0.3, 0.4) is 0 Å². The molecule has 1 aromatic heterocycles. The second kappa shape index (κ2) is 10.5. The average Bonchev–Trinajstić information content (AvgIpc) is 3.32. The van der Waals surface area contributed by atoms with Crippen molar-refractivity contribution < 1.29 is 14.1 Å². The first kappa shape index (κ1) is 23.5. The highest BCUT2D eigenvalue weighted by molar-refractivity contribution is 7.80. The van der Waals surface area contributed by atoms with Crippen LogP contribution in [-0.4, -0.2) is 47.0 Å². The Hall–Kier alpha value is -3.69. The number of nitrogens with one attached hydrogen (secondary N) is 1. The van der Waals surface area contributed by atoms with Crippen molar-refractivity contribution in [3.8, 4) is 11.3 Å². The number of carbonyl (C=O) groups is 1. The highest BCUT2D eigenvalue weighted by Gasteiger charge is 2.27. The molecule has 8 nitrogen and oxygen atoms in total. The zero-order valence-corrected chi connectivity index (χ0v) is 19.6. The van der Waals surface area contributed by atoms with Crippen LogP contribution in [0, 0.1) is 10.1 Å². The summed E-state index contributed by atoms with van der Waals surface area (Å²) in [5.74, 6) is 0.898. The first-order chi connectivity index (χ1) is 16.4. The zero-order chi connectivity index (χ0) is 24.1. The van der Waals surface area contributed by atoms with Gasteiger partial charge in [0.1, 0.15) is 17.2 Å². The van der Waals surface area contributed by atoms with Crippen molar-refractivity contribution in [1.82, 2.24) is 10.2 Å². The Labute approximate surface area is 206 Å². The molecular weight excluding hydrogens is 476 g/mol. The van der Waals surface area contributed by atoms with Crippen LogP contribution in [0.5, 0.6) is 0 Å². The van der Waals surface area contributed by atoms with E-state index in [2.05, 4.69) is 5.32 Å². The lowest BCUT2D eigenvalue weighted by Gasteiger charge is -2.37. The van der Waals surface area contributed by atoms with E-state index < -0.39 is 4.92 Å². The van der Waals surface area contributed by atoms with Gasteiger partial charge in [-0.2, -0.15) is 0 Å². The number of carbonyl (C=O) groups excluding carboxylic acids is 1. The third-order valence-corrected chi connectivity index (χ3v) is 6.02. The first-order valence-corrected chi connectivity index (χ1v) is 11.3. The number of hydrogen-bond donors (Lipinski definition) is 1. The summed E-state index contributed by atoms with van der Waals surface area (Å²) in [6.07, 6.45) is 2.95. The Bertz CT molecular complexity index is 1240. The van der Waals surface area contributed by atoms with E-state index in [4.69, 9.17) is 28.2 Å². The Morgan fingerprint density at radius 3 is 2.50 bits per heavy atom. The van der Waals surface area contributed by atoms with Gasteiger partial charge in [-0.25, -0.2) is 0 Å². The number of piperazine rings is 1. The number of halogens is 1. The molecule has 0 aliphatic carbocycles. The molecule has 10 heteroatoms. The third-order valence-electron chi connectivity index (χ3n) is 5.36. The van der Waals surface area contributed by atoms with Crippen LogP contribution < -0.4 is 10.2 Å². The van der Waals surface area contributed by atoms with Crippen molar-refractivity contribution in [3.05, 3.63) is 87.6 Å². The lowest BCUT2D eigenvalue weighted by molar-refractivity contribution is -0.384. The minimum atomic E-state index is -0.438. The van der Waals surface area contributed by atoms with Crippen LogP contribution in [-0.2, 0) is 4.79 Å². The second-order valence-corrected chi connectivity index (χ2v) is 8.33. The number of anilines is 1. The maximum absolute atomic E-state index is 12.3. The number of furan rings is 1. The number of amides is 1. The molecule has 1 amide bonds. The van der Waals surface area contributed by atoms with Gasteiger partial charge in [0.25, 0.3) is 5.69 Å². The molecule has 34 heavy (non-hydrogen) atoms. The number of nitro groups is 1. The quantitative estimate of drug-likeness (QED) is 0.236. The normalized spacial score (nSPS) is 13.8. The van der Waals surface area contributed by atoms with Crippen LogP contribution in [0.15, 0.2) is 71.2 Å². The van der Waals surface area contributed by atoms with E-state index >= 15 is 0 Å². The van der Waals surface area contributed by atoms with E-state index in [1.807, 2.05) is 46.2 Å². The number of thiocarbonyl (C=S) groups is 1. The highest BCUT2D eigenvalue weighted by Crippen LogP contribution is 2.35. The summed E-state index contributed by atoms with van der Waals surface area (Å²) in [5.41, 5.74) is 1.32. The topological polar surface area (TPSA) is 91.9 Å². The molecule has 0 bridgehead atoms. The molecular formula is C24H21ClN4O4S. The summed E-state index contributed by atoms with van der Waals surface area (Å²) in [6.45, 7) is 1.93. The van der Waals surface area contributed by atoms with E-state index in [0.717, 1.165) is 5.56 Å². The number of para-hydroxylation sites is 1. The maximum Gasteiger partial charge on any atom is 0.294 e. The van der Waals surface area contributed by atoms with E-state index in [1.165, 1.54) is 12.1 Å². The van der Waals surface area contributed by atoms with Gasteiger partial charge < -0.3 is 14.2 Å². The molecule has 2 heterocycles. The van der Waals surface area contributed by atoms with E-state index in [1.54, 1.807) is 24.3 Å².